The fourth-order valence-electron chi connectivity index (χ4n) is 2.95. The number of aromatic nitrogens is 2. The minimum Gasteiger partial charge on any atom is -0.354 e. The number of hydrogen-bond acceptors (Lipinski definition) is 5. The molecule has 5 heteroatoms. The van der Waals surface area contributed by atoms with E-state index < -0.39 is 0 Å². The number of hydrogen-bond donors (Lipinski definition) is 0. The Balaban J connectivity index is 1.79. The molecule has 0 saturated carbocycles. The quantitative estimate of drug-likeness (QED) is 0.844. The van der Waals surface area contributed by atoms with Gasteiger partial charge >= 0.3 is 0 Å². The highest BCUT2D eigenvalue weighted by molar-refractivity contribution is 5.45. The first-order valence-electron chi connectivity index (χ1n) is 8.70. The van der Waals surface area contributed by atoms with Gasteiger partial charge in [-0.25, -0.2) is 4.98 Å². The lowest BCUT2D eigenvalue weighted by Crippen LogP contribution is -2.45. The minimum atomic E-state index is 0.341. The highest BCUT2D eigenvalue weighted by Gasteiger charge is 2.19. The molecule has 0 radical (unpaired) electrons. The summed E-state index contributed by atoms with van der Waals surface area (Å²) in [5.41, 5.74) is 1.28. The van der Waals surface area contributed by atoms with Crippen molar-refractivity contribution in [2.75, 3.05) is 43.0 Å². The Bertz CT molecular complexity index is 635. The van der Waals surface area contributed by atoms with E-state index in [2.05, 4.69) is 64.8 Å². The molecule has 1 aromatic carbocycles. The second-order valence-electron chi connectivity index (χ2n) is 6.71. The van der Waals surface area contributed by atoms with Crippen molar-refractivity contribution in [2.24, 2.45) is 0 Å². The highest BCUT2D eigenvalue weighted by atomic mass is 15.3. The van der Waals surface area contributed by atoms with Crippen LogP contribution >= 0.6 is 0 Å². The van der Waals surface area contributed by atoms with Gasteiger partial charge in [-0.3, -0.25) is 0 Å². The maximum atomic E-state index is 4.86. The molecule has 1 aromatic heterocycles. The van der Waals surface area contributed by atoms with Crippen molar-refractivity contribution in [3.63, 3.8) is 0 Å². The van der Waals surface area contributed by atoms with Crippen LogP contribution in [0.5, 0.6) is 0 Å². The van der Waals surface area contributed by atoms with Crippen LogP contribution in [0.3, 0.4) is 0 Å². The van der Waals surface area contributed by atoms with Gasteiger partial charge < -0.3 is 14.7 Å². The molecule has 3 rings (SSSR count). The molecule has 2 aromatic rings. The summed E-state index contributed by atoms with van der Waals surface area (Å²) < 4.78 is 0. The molecule has 0 unspecified atom stereocenters. The number of anilines is 2. The summed E-state index contributed by atoms with van der Waals surface area (Å²) in [5.74, 6) is 1.84. The Morgan fingerprint density at radius 3 is 2.42 bits per heavy atom. The minimum absolute atomic E-state index is 0.341. The molecule has 128 valence electrons. The predicted molar refractivity (Wildman–Crippen MR) is 99.5 cm³/mol. The third-order valence-electron chi connectivity index (χ3n) is 4.53. The number of likely N-dealkylation sites (N-methyl/N-ethyl adjacent to an activating group) is 1. The van der Waals surface area contributed by atoms with Gasteiger partial charge in [0, 0.05) is 45.0 Å². The zero-order chi connectivity index (χ0) is 16.9. The topological polar surface area (TPSA) is 35.5 Å². The second kappa shape index (κ2) is 7.62. The highest BCUT2D eigenvalue weighted by Crippen LogP contribution is 2.20. The van der Waals surface area contributed by atoms with Crippen LogP contribution in [0.2, 0.25) is 0 Å². The fourth-order valence-corrected chi connectivity index (χ4v) is 2.95. The summed E-state index contributed by atoms with van der Waals surface area (Å²) in [5, 5.41) is 0. The van der Waals surface area contributed by atoms with Crippen LogP contribution in [0.25, 0.3) is 0 Å². The Hall–Kier alpha value is -2.14. The monoisotopic (exact) mass is 325 g/mol. The van der Waals surface area contributed by atoms with Crippen LogP contribution in [0.4, 0.5) is 11.8 Å². The van der Waals surface area contributed by atoms with E-state index in [1.807, 2.05) is 18.3 Å². The molecule has 24 heavy (non-hydrogen) atoms. The van der Waals surface area contributed by atoms with Crippen molar-refractivity contribution in [3.8, 4) is 0 Å². The standard InChI is InChI=1S/C19H27N5/c1-16(2)24(15-17-7-5-4-6-8-17)19-20-10-9-18(21-19)23-13-11-22(3)12-14-23/h4-10,16H,11-15H2,1-3H3. The van der Waals surface area contributed by atoms with E-state index in [9.17, 15) is 0 Å². The summed E-state index contributed by atoms with van der Waals surface area (Å²) in [6.45, 7) is 9.41. The average Bonchev–Trinajstić information content (AvgIpc) is 2.61. The van der Waals surface area contributed by atoms with Crippen molar-refractivity contribution in [3.05, 3.63) is 48.2 Å². The number of nitrogens with zero attached hydrogens (tertiary/aromatic N) is 5. The van der Waals surface area contributed by atoms with E-state index in [1.54, 1.807) is 0 Å². The van der Waals surface area contributed by atoms with Crippen molar-refractivity contribution >= 4 is 11.8 Å². The van der Waals surface area contributed by atoms with Gasteiger partial charge in [-0.1, -0.05) is 30.3 Å². The van der Waals surface area contributed by atoms with Gasteiger partial charge in [0.15, 0.2) is 0 Å². The molecule has 0 spiro atoms. The number of piperazine rings is 1. The molecule has 0 amide bonds. The zero-order valence-electron chi connectivity index (χ0n) is 14.9. The first-order valence-corrected chi connectivity index (χ1v) is 8.70. The molecular weight excluding hydrogens is 298 g/mol. The van der Waals surface area contributed by atoms with Crippen molar-refractivity contribution in [1.29, 1.82) is 0 Å². The van der Waals surface area contributed by atoms with Crippen LogP contribution in [0.1, 0.15) is 19.4 Å². The lowest BCUT2D eigenvalue weighted by Gasteiger charge is -2.34. The molecule has 1 aliphatic rings. The van der Waals surface area contributed by atoms with Crippen LogP contribution in [-0.2, 0) is 6.54 Å². The van der Waals surface area contributed by atoms with Gasteiger partial charge in [-0.05, 0) is 32.5 Å². The Morgan fingerprint density at radius 2 is 1.75 bits per heavy atom. The van der Waals surface area contributed by atoms with E-state index in [-0.39, 0.29) is 0 Å². The Kier molecular flexibility index (Phi) is 5.30. The van der Waals surface area contributed by atoms with E-state index >= 15 is 0 Å². The summed E-state index contributed by atoms with van der Waals surface area (Å²) in [6, 6.07) is 12.9. The van der Waals surface area contributed by atoms with Gasteiger partial charge in [0.2, 0.25) is 5.95 Å². The Labute approximate surface area is 144 Å². The normalized spacial score (nSPS) is 15.8. The van der Waals surface area contributed by atoms with Crippen molar-refractivity contribution < 1.29 is 0 Å². The summed E-state index contributed by atoms with van der Waals surface area (Å²) >= 11 is 0. The third kappa shape index (κ3) is 4.03. The van der Waals surface area contributed by atoms with Crippen LogP contribution in [0.15, 0.2) is 42.6 Å². The van der Waals surface area contributed by atoms with Crippen molar-refractivity contribution in [1.82, 2.24) is 14.9 Å². The van der Waals surface area contributed by atoms with Gasteiger partial charge in [0.25, 0.3) is 0 Å². The molecule has 1 fully saturated rings. The van der Waals surface area contributed by atoms with Gasteiger partial charge in [-0.2, -0.15) is 4.98 Å². The zero-order valence-corrected chi connectivity index (χ0v) is 14.9. The molecule has 1 aliphatic heterocycles. The molecular formula is C19H27N5. The third-order valence-corrected chi connectivity index (χ3v) is 4.53. The predicted octanol–water partition coefficient (Wildman–Crippen LogP) is 2.64. The van der Waals surface area contributed by atoms with Gasteiger partial charge in [0.1, 0.15) is 5.82 Å². The molecule has 5 nitrogen and oxygen atoms in total. The maximum Gasteiger partial charge on any atom is 0.227 e. The Morgan fingerprint density at radius 1 is 1.04 bits per heavy atom. The molecule has 0 N–H and O–H groups in total. The van der Waals surface area contributed by atoms with Crippen LogP contribution in [0, 0.1) is 0 Å². The molecule has 0 atom stereocenters. The summed E-state index contributed by atoms with van der Waals surface area (Å²) in [6.07, 6.45) is 1.89. The van der Waals surface area contributed by atoms with Gasteiger partial charge in [-0.15, -0.1) is 0 Å². The van der Waals surface area contributed by atoms with Gasteiger partial charge in [0.05, 0.1) is 0 Å². The lowest BCUT2D eigenvalue weighted by atomic mass is 10.2. The molecule has 0 aliphatic carbocycles. The smallest absolute Gasteiger partial charge is 0.227 e. The van der Waals surface area contributed by atoms with Crippen LogP contribution < -0.4 is 9.80 Å². The first kappa shape index (κ1) is 16.7. The maximum absolute atomic E-state index is 4.86. The van der Waals surface area contributed by atoms with Crippen molar-refractivity contribution in [2.45, 2.75) is 26.4 Å². The number of rotatable bonds is 5. The van der Waals surface area contributed by atoms with E-state index in [0.29, 0.717) is 6.04 Å². The van der Waals surface area contributed by atoms with E-state index in [1.165, 1.54) is 5.56 Å². The van der Waals surface area contributed by atoms with Crippen LogP contribution in [-0.4, -0.2) is 54.1 Å². The van der Waals surface area contributed by atoms with E-state index in [4.69, 9.17) is 4.98 Å². The second-order valence-corrected chi connectivity index (χ2v) is 6.71. The SMILES string of the molecule is CC(C)N(Cc1ccccc1)c1nccc(N2CCN(C)CC2)n1. The fraction of sp³-hybridized carbons (Fsp3) is 0.474. The lowest BCUT2D eigenvalue weighted by molar-refractivity contribution is 0.312. The van der Waals surface area contributed by atoms with E-state index in [0.717, 1.165) is 44.5 Å². The summed E-state index contributed by atoms with van der Waals surface area (Å²) in [4.78, 5) is 16.4. The number of benzene rings is 1. The summed E-state index contributed by atoms with van der Waals surface area (Å²) in [7, 11) is 2.17. The molecule has 2 heterocycles. The first-order chi connectivity index (χ1) is 11.6. The largest absolute Gasteiger partial charge is 0.354 e. The molecule has 0 bridgehead atoms. The molecule has 1 saturated heterocycles. The average molecular weight is 325 g/mol.